The van der Waals surface area contributed by atoms with E-state index in [1.807, 2.05) is 20.1 Å². The quantitative estimate of drug-likeness (QED) is 0.339. The lowest BCUT2D eigenvalue weighted by molar-refractivity contribution is -0.144. The summed E-state index contributed by atoms with van der Waals surface area (Å²) in [5.41, 5.74) is 6.02. The first-order valence-electron chi connectivity index (χ1n) is 10.9. The van der Waals surface area contributed by atoms with E-state index in [4.69, 9.17) is 5.73 Å². The SMILES string of the molecule is CSCCC(N)C(=O)N1CCCC1C(=O)NC(CC(C)C)C(=O)NC(C(=O)O)C(C)C. The van der Waals surface area contributed by atoms with E-state index in [0.29, 0.717) is 32.2 Å². The van der Waals surface area contributed by atoms with Crippen LogP contribution >= 0.6 is 11.8 Å². The second-order valence-corrected chi connectivity index (χ2v) is 9.82. The maximum atomic E-state index is 13.0. The molecule has 0 radical (unpaired) electrons. The van der Waals surface area contributed by atoms with Crippen LogP contribution in [0.1, 0.15) is 53.4 Å². The van der Waals surface area contributed by atoms with Crippen molar-refractivity contribution in [2.24, 2.45) is 17.6 Å². The van der Waals surface area contributed by atoms with E-state index in [0.717, 1.165) is 5.75 Å². The number of aliphatic carboxylic acids is 1. The zero-order chi connectivity index (χ0) is 23.7. The Bertz CT molecular complexity index is 643. The summed E-state index contributed by atoms with van der Waals surface area (Å²) in [5.74, 6) is -1.75. The third-order valence-electron chi connectivity index (χ3n) is 5.36. The maximum Gasteiger partial charge on any atom is 0.326 e. The fraction of sp³-hybridized carbons (Fsp3) is 0.810. The van der Waals surface area contributed by atoms with Crippen LogP contribution in [0.5, 0.6) is 0 Å². The third-order valence-corrected chi connectivity index (χ3v) is 6.00. The van der Waals surface area contributed by atoms with Gasteiger partial charge in [0.1, 0.15) is 18.1 Å². The summed E-state index contributed by atoms with van der Waals surface area (Å²) in [6.07, 6.45) is 4.03. The van der Waals surface area contributed by atoms with E-state index in [-0.39, 0.29) is 17.7 Å². The topological polar surface area (TPSA) is 142 Å². The monoisotopic (exact) mass is 458 g/mol. The van der Waals surface area contributed by atoms with Crippen molar-refractivity contribution in [3.8, 4) is 0 Å². The molecule has 178 valence electrons. The molecule has 1 rings (SSSR count). The van der Waals surface area contributed by atoms with Crippen molar-refractivity contribution in [2.75, 3.05) is 18.6 Å². The molecule has 0 aromatic heterocycles. The number of carboxylic acids is 1. The lowest BCUT2D eigenvalue weighted by Crippen LogP contribution is -2.57. The minimum Gasteiger partial charge on any atom is -0.480 e. The van der Waals surface area contributed by atoms with Crippen LogP contribution in [0, 0.1) is 11.8 Å². The summed E-state index contributed by atoms with van der Waals surface area (Å²) in [7, 11) is 0. The number of rotatable bonds is 12. The van der Waals surface area contributed by atoms with Gasteiger partial charge in [-0.15, -0.1) is 0 Å². The molecule has 1 saturated heterocycles. The summed E-state index contributed by atoms with van der Waals surface area (Å²) in [4.78, 5) is 51.5. The molecule has 0 aromatic carbocycles. The van der Waals surface area contributed by atoms with E-state index in [2.05, 4.69) is 10.6 Å². The van der Waals surface area contributed by atoms with Crippen molar-refractivity contribution in [1.29, 1.82) is 0 Å². The van der Waals surface area contributed by atoms with Crippen LogP contribution in [0.4, 0.5) is 0 Å². The third kappa shape index (κ3) is 8.33. The highest BCUT2D eigenvalue weighted by atomic mass is 32.2. The van der Waals surface area contributed by atoms with E-state index in [1.54, 1.807) is 25.6 Å². The first-order chi connectivity index (χ1) is 14.5. The van der Waals surface area contributed by atoms with Crippen LogP contribution in [0.2, 0.25) is 0 Å². The summed E-state index contributed by atoms with van der Waals surface area (Å²) in [6.45, 7) is 7.70. The highest BCUT2D eigenvalue weighted by Crippen LogP contribution is 2.20. The van der Waals surface area contributed by atoms with Gasteiger partial charge in [-0.1, -0.05) is 27.7 Å². The Morgan fingerprint density at radius 1 is 1.16 bits per heavy atom. The number of hydrogen-bond acceptors (Lipinski definition) is 6. The molecule has 31 heavy (non-hydrogen) atoms. The zero-order valence-corrected chi connectivity index (χ0v) is 20.0. The minimum atomic E-state index is -1.12. The van der Waals surface area contributed by atoms with Gasteiger partial charge < -0.3 is 26.4 Å². The first kappa shape index (κ1) is 27.2. The van der Waals surface area contributed by atoms with Crippen LogP contribution in [-0.2, 0) is 19.2 Å². The Labute approximate surface area is 189 Å². The average molecular weight is 459 g/mol. The molecule has 10 heteroatoms. The number of carbonyl (C=O) groups excluding carboxylic acids is 3. The van der Waals surface area contributed by atoms with Gasteiger partial charge in [-0.25, -0.2) is 4.79 Å². The normalized spacial score (nSPS) is 19.2. The summed E-state index contributed by atoms with van der Waals surface area (Å²) in [6, 6.07) is -3.25. The van der Waals surface area contributed by atoms with E-state index < -0.39 is 42.0 Å². The molecule has 3 amide bonds. The van der Waals surface area contributed by atoms with Gasteiger partial charge in [-0.05, 0) is 49.5 Å². The number of nitrogens with zero attached hydrogens (tertiary/aromatic N) is 1. The Balaban J connectivity index is 2.89. The number of carbonyl (C=O) groups is 4. The standard InChI is InChI=1S/C21H38N4O5S/c1-12(2)11-15(18(26)24-17(13(3)4)21(29)30)23-19(27)16-7-6-9-25(16)20(28)14(22)8-10-31-5/h12-17H,6-11,22H2,1-5H3,(H,23,27)(H,24,26)(H,29,30). The molecule has 0 spiro atoms. The molecule has 0 saturated carbocycles. The Morgan fingerprint density at radius 3 is 2.32 bits per heavy atom. The van der Waals surface area contributed by atoms with Gasteiger partial charge in [-0.2, -0.15) is 11.8 Å². The molecule has 4 unspecified atom stereocenters. The number of nitrogens with two attached hydrogens (primary N) is 1. The molecule has 1 fully saturated rings. The number of amides is 3. The maximum absolute atomic E-state index is 13.0. The number of hydrogen-bond donors (Lipinski definition) is 4. The molecule has 1 aliphatic heterocycles. The van der Waals surface area contributed by atoms with Crippen molar-refractivity contribution in [2.45, 2.75) is 77.5 Å². The van der Waals surface area contributed by atoms with Gasteiger partial charge in [0.25, 0.3) is 0 Å². The predicted octanol–water partition coefficient (Wildman–Crippen LogP) is 0.814. The molecular weight excluding hydrogens is 420 g/mol. The Kier molecular flexibility index (Phi) is 11.3. The fourth-order valence-corrected chi connectivity index (χ4v) is 4.11. The number of nitrogens with one attached hydrogen (secondary N) is 2. The zero-order valence-electron chi connectivity index (χ0n) is 19.2. The van der Waals surface area contributed by atoms with Crippen LogP contribution in [0.3, 0.4) is 0 Å². The molecule has 1 aliphatic rings. The largest absolute Gasteiger partial charge is 0.480 e. The number of likely N-dealkylation sites (tertiary alicyclic amines) is 1. The van der Waals surface area contributed by atoms with Gasteiger partial charge in [0, 0.05) is 6.54 Å². The number of thioether (sulfide) groups is 1. The minimum absolute atomic E-state index is 0.0969. The highest BCUT2D eigenvalue weighted by molar-refractivity contribution is 7.98. The van der Waals surface area contributed by atoms with Crippen molar-refractivity contribution in [3.05, 3.63) is 0 Å². The molecule has 0 bridgehead atoms. The fourth-order valence-electron chi connectivity index (χ4n) is 3.62. The van der Waals surface area contributed by atoms with Crippen LogP contribution < -0.4 is 16.4 Å². The molecule has 0 aromatic rings. The van der Waals surface area contributed by atoms with Gasteiger partial charge >= 0.3 is 5.97 Å². The van der Waals surface area contributed by atoms with E-state index >= 15 is 0 Å². The molecule has 1 heterocycles. The van der Waals surface area contributed by atoms with E-state index in [9.17, 15) is 24.3 Å². The second kappa shape index (κ2) is 12.9. The Hall–Kier alpha value is -1.81. The van der Waals surface area contributed by atoms with E-state index in [1.165, 1.54) is 4.90 Å². The lowest BCUT2D eigenvalue weighted by Gasteiger charge is -2.29. The summed E-state index contributed by atoms with van der Waals surface area (Å²) in [5, 5.41) is 14.7. The Morgan fingerprint density at radius 2 is 1.81 bits per heavy atom. The van der Waals surface area contributed by atoms with Gasteiger partial charge in [0.05, 0.1) is 6.04 Å². The molecule has 0 aliphatic carbocycles. The van der Waals surface area contributed by atoms with Crippen LogP contribution in [-0.4, -0.2) is 76.4 Å². The van der Waals surface area contributed by atoms with Crippen molar-refractivity contribution in [3.63, 3.8) is 0 Å². The smallest absolute Gasteiger partial charge is 0.326 e. The molecule has 4 atom stereocenters. The lowest BCUT2D eigenvalue weighted by atomic mass is 10.00. The molecule has 9 nitrogen and oxygen atoms in total. The van der Waals surface area contributed by atoms with Crippen molar-refractivity contribution >= 4 is 35.5 Å². The first-order valence-corrected chi connectivity index (χ1v) is 12.3. The van der Waals surface area contributed by atoms with Crippen LogP contribution in [0.15, 0.2) is 0 Å². The van der Waals surface area contributed by atoms with Gasteiger partial charge in [0.2, 0.25) is 17.7 Å². The number of carboxylic acid groups (broad SMARTS) is 1. The molecular formula is C21H38N4O5S. The predicted molar refractivity (Wildman–Crippen MR) is 121 cm³/mol. The molecule has 5 N–H and O–H groups in total. The van der Waals surface area contributed by atoms with Gasteiger partial charge in [0.15, 0.2) is 0 Å². The second-order valence-electron chi connectivity index (χ2n) is 8.84. The highest BCUT2D eigenvalue weighted by Gasteiger charge is 2.38. The summed E-state index contributed by atoms with van der Waals surface area (Å²) >= 11 is 1.61. The van der Waals surface area contributed by atoms with Gasteiger partial charge in [-0.3, -0.25) is 14.4 Å². The van der Waals surface area contributed by atoms with Crippen LogP contribution in [0.25, 0.3) is 0 Å². The average Bonchev–Trinajstić information content (AvgIpc) is 3.17. The van der Waals surface area contributed by atoms with Crippen molar-refractivity contribution in [1.82, 2.24) is 15.5 Å². The summed E-state index contributed by atoms with van der Waals surface area (Å²) < 4.78 is 0. The van der Waals surface area contributed by atoms with Crippen molar-refractivity contribution < 1.29 is 24.3 Å².